The van der Waals surface area contributed by atoms with E-state index in [1.807, 2.05) is 12.1 Å². The molecule has 0 radical (unpaired) electrons. The monoisotopic (exact) mass is 233 g/mol. The van der Waals surface area contributed by atoms with Crippen LogP contribution >= 0.6 is 0 Å². The standard InChI is InChI=1S/C12H19N5/c1-9-8-16(2)5-6-17(9)10-3-4-11(12(13)14)15-7-10/h3-4,7,9H,5-6,8H2,1-2H3,(H3,13,14). The lowest BCUT2D eigenvalue weighted by Crippen LogP contribution is -2.50. The first-order valence-corrected chi connectivity index (χ1v) is 5.83. The lowest BCUT2D eigenvalue weighted by Gasteiger charge is -2.39. The fraction of sp³-hybridized carbons (Fsp3) is 0.500. The van der Waals surface area contributed by atoms with Gasteiger partial charge in [-0.1, -0.05) is 0 Å². The number of aromatic nitrogens is 1. The minimum absolute atomic E-state index is 0.0166. The number of nitrogen functional groups attached to an aromatic ring is 1. The maximum absolute atomic E-state index is 7.31. The summed E-state index contributed by atoms with van der Waals surface area (Å²) >= 11 is 0. The van der Waals surface area contributed by atoms with Gasteiger partial charge in [-0.25, -0.2) is 0 Å². The average Bonchev–Trinajstić information content (AvgIpc) is 2.29. The van der Waals surface area contributed by atoms with Crippen LogP contribution in [0.2, 0.25) is 0 Å². The predicted octanol–water partition coefficient (Wildman–Crippen LogP) is 0.506. The minimum atomic E-state index is 0.0166. The summed E-state index contributed by atoms with van der Waals surface area (Å²) in [6.07, 6.45) is 1.80. The van der Waals surface area contributed by atoms with Gasteiger partial charge in [0.25, 0.3) is 0 Å². The van der Waals surface area contributed by atoms with Gasteiger partial charge in [-0.05, 0) is 26.1 Å². The summed E-state index contributed by atoms with van der Waals surface area (Å²) in [6.45, 7) is 5.36. The van der Waals surface area contributed by atoms with E-state index in [9.17, 15) is 0 Å². The van der Waals surface area contributed by atoms with Crippen LogP contribution in [0.15, 0.2) is 18.3 Å². The highest BCUT2D eigenvalue weighted by atomic mass is 15.3. The number of amidine groups is 1. The van der Waals surface area contributed by atoms with Crippen molar-refractivity contribution in [3.63, 3.8) is 0 Å². The quantitative estimate of drug-likeness (QED) is 0.577. The Morgan fingerprint density at radius 3 is 2.76 bits per heavy atom. The molecule has 1 aliphatic heterocycles. The molecule has 5 heteroatoms. The van der Waals surface area contributed by atoms with Crippen LogP contribution in [0.3, 0.4) is 0 Å². The number of hydrogen-bond acceptors (Lipinski definition) is 4. The van der Waals surface area contributed by atoms with E-state index in [2.05, 4.69) is 28.8 Å². The number of rotatable bonds is 2. The summed E-state index contributed by atoms with van der Waals surface area (Å²) in [7, 11) is 2.14. The summed E-state index contributed by atoms with van der Waals surface area (Å²) in [5.74, 6) is 0.0166. The van der Waals surface area contributed by atoms with Crippen LogP contribution in [0.5, 0.6) is 0 Å². The van der Waals surface area contributed by atoms with Crippen molar-refractivity contribution in [2.24, 2.45) is 5.73 Å². The highest BCUT2D eigenvalue weighted by molar-refractivity contribution is 5.93. The molecule has 1 atom stereocenters. The number of nitrogens with zero attached hydrogens (tertiary/aromatic N) is 3. The molecule has 3 N–H and O–H groups in total. The van der Waals surface area contributed by atoms with Gasteiger partial charge in [-0.15, -0.1) is 0 Å². The lowest BCUT2D eigenvalue weighted by atomic mass is 10.1. The second kappa shape index (κ2) is 4.71. The second-order valence-corrected chi connectivity index (χ2v) is 4.62. The van der Waals surface area contributed by atoms with Crippen molar-refractivity contribution in [3.8, 4) is 0 Å². The molecule has 0 aromatic carbocycles. The molecule has 2 heterocycles. The van der Waals surface area contributed by atoms with Crippen LogP contribution in [0.25, 0.3) is 0 Å². The fourth-order valence-corrected chi connectivity index (χ4v) is 2.24. The summed E-state index contributed by atoms with van der Waals surface area (Å²) in [6, 6.07) is 4.28. The van der Waals surface area contributed by atoms with Gasteiger partial charge in [-0.3, -0.25) is 10.4 Å². The van der Waals surface area contributed by atoms with E-state index in [1.165, 1.54) is 0 Å². The van der Waals surface area contributed by atoms with E-state index in [4.69, 9.17) is 11.1 Å². The van der Waals surface area contributed by atoms with E-state index < -0.39 is 0 Å². The Bertz CT molecular complexity index is 400. The zero-order valence-electron chi connectivity index (χ0n) is 10.3. The van der Waals surface area contributed by atoms with Gasteiger partial charge in [0.1, 0.15) is 11.5 Å². The summed E-state index contributed by atoms with van der Waals surface area (Å²) in [4.78, 5) is 8.88. The number of pyridine rings is 1. The van der Waals surface area contributed by atoms with Crippen LogP contribution < -0.4 is 10.6 Å². The van der Waals surface area contributed by atoms with Gasteiger partial charge < -0.3 is 15.5 Å². The summed E-state index contributed by atoms with van der Waals surface area (Å²) in [5.41, 5.74) is 7.03. The lowest BCUT2D eigenvalue weighted by molar-refractivity contribution is 0.275. The van der Waals surface area contributed by atoms with Crippen molar-refractivity contribution in [2.75, 3.05) is 31.6 Å². The van der Waals surface area contributed by atoms with Crippen molar-refractivity contribution in [1.82, 2.24) is 9.88 Å². The zero-order chi connectivity index (χ0) is 12.4. The largest absolute Gasteiger partial charge is 0.382 e. The Balaban J connectivity index is 2.14. The van der Waals surface area contributed by atoms with E-state index in [0.717, 1.165) is 25.3 Å². The van der Waals surface area contributed by atoms with Crippen LogP contribution in [0, 0.1) is 5.41 Å². The molecular weight excluding hydrogens is 214 g/mol. The Hall–Kier alpha value is -1.62. The topological polar surface area (TPSA) is 69.2 Å². The molecule has 1 unspecified atom stereocenters. The fourth-order valence-electron chi connectivity index (χ4n) is 2.24. The third kappa shape index (κ3) is 2.55. The van der Waals surface area contributed by atoms with Crippen LogP contribution in [-0.2, 0) is 0 Å². The van der Waals surface area contributed by atoms with Crippen molar-refractivity contribution >= 4 is 11.5 Å². The first-order chi connectivity index (χ1) is 8.08. The number of piperazine rings is 1. The highest BCUT2D eigenvalue weighted by Gasteiger charge is 2.21. The third-order valence-corrected chi connectivity index (χ3v) is 3.19. The minimum Gasteiger partial charge on any atom is -0.382 e. The molecule has 1 aromatic rings. The van der Waals surface area contributed by atoms with Crippen molar-refractivity contribution in [2.45, 2.75) is 13.0 Å². The van der Waals surface area contributed by atoms with Crippen molar-refractivity contribution < 1.29 is 0 Å². The van der Waals surface area contributed by atoms with E-state index in [1.54, 1.807) is 6.20 Å². The average molecular weight is 233 g/mol. The van der Waals surface area contributed by atoms with Gasteiger partial charge in [0.05, 0.1) is 11.9 Å². The number of likely N-dealkylation sites (N-methyl/N-ethyl adjacent to an activating group) is 1. The van der Waals surface area contributed by atoms with Crippen LogP contribution in [0.4, 0.5) is 5.69 Å². The van der Waals surface area contributed by atoms with Gasteiger partial charge in [0, 0.05) is 25.7 Å². The van der Waals surface area contributed by atoms with Gasteiger partial charge >= 0.3 is 0 Å². The molecule has 0 bridgehead atoms. The summed E-state index contributed by atoms with van der Waals surface area (Å²) < 4.78 is 0. The van der Waals surface area contributed by atoms with Crippen molar-refractivity contribution in [1.29, 1.82) is 5.41 Å². The van der Waals surface area contributed by atoms with E-state index in [0.29, 0.717) is 11.7 Å². The van der Waals surface area contributed by atoms with Crippen LogP contribution in [-0.4, -0.2) is 48.4 Å². The van der Waals surface area contributed by atoms with E-state index >= 15 is 0 Å². The number of nitrogens with two attached hydrogens (primary N) is 1. The zero-order valence-corrected chi connectivity index (χ0v) is 10.3. The molecule has 0 amide bonds. The molecule has 0 spiro atoms. The number of hydrogen-bond donors (Lipinski definition) is 2. The molecule has 5 nitrogen and oxygen atoms in total. The molecule has 17 heavy (non-hydrogen) atoms. The van der Waals surface area contributed by atoms with E-state index in [-0.39, 0.29) is 5.84 Å². The maximum Gasteiger partial charge on any atom is 0.141 e. The molecule has 1 saturated heterocycles. The SMILES string of the molecule is CC1CN(C)CCN1c1ccc(C(=N)N)nc1. The molecule has 0 aliphatic carbocycles. The molecule has 1 fully saturated rings. The molecule has 1 aromatic heterocycles. The smallest absolute Gasteiger partial charge is 0.141 e. The second-order valence-electron chi connectivity index (χ2n) is 4.62. The van der Waals surface area contributed by atoms with Gasteiger partial charge in [0.2, 0.25) is 0 Å². The molecular formula is C12H19N5. The Morgan fingerprint density at radius 2 is 2.24 bits per heavy atom. The Kier molecular flexibility index (Phi) is 3.28. The molecule has 2 rings (SSSR count). The maximum atomic E-state index is 7.31. The Labute approximate surface area is 102 Å². The normalized spacial score (nSPS) is 21.5. The predicted molar refractivity (Wildman–Crippen MR) is 69.6 cm³/mol. The first kappa shape index (κ1) is 11.9. The molecule has 92 valence electrons. The van der Waals surface area contributed by atoms with Crippen LogP contribution in [0.1, 0.15) is 12.6 Å². The first-order valence-electron chi connectivity index (χ1n) is 5.83. The molecule has 1 aliphatic rings. The summed E-state index contributed by atoms with van der Waals surface area (Å²) in [5, 5.41) is 7.31. The highest BCUT2D eigenvalue weighted by Crippen LogP contribution is 2.19. The molecule has 0 saturated carbocycles. The van der Waals surface area contributed by atoms with Crippen molar-refractivity contribution in [3.05, 3.63) is 24.0 Å². The van der Waals surface area contributed by atoms with Gasteiger partial charge in [0.15, 0.2) is 0 Å². The number of anilines is 1. The Morgan fingerprint density at radius 1 is 1.47 bits per heavy atom. The third-order valence-electron chi connectivity index (χ3n) is 3.19. The van der Waals surface area contributed by atoms with Gasteiger partial charge in [-0.2, -0.15) is 0 Å². The number of nitrogens with one attached hydrogen (secondary N) is 1.